The average molecular weight is 483 g/mol. The molecule has 3 rings (SSSR count). The van der Waals surface area contributed by atoms with Crippen molar-refractivity contribution >= 4 is 25.2 Å². The van der Waals surface area contributed by atoms with Gasteiger partial charge in [0.1, 0.15) is 17.4 Å². The fourth-order valence-electron chi connectivity index (χ4n) is 3.88. The summed E-state index contributed by atoms with van der Waals surface area (Å²) in [4.78, 5) is 36.2. The number of benzene rings is 1. The topological polar surface area (TPSA) is 120 Å². The number of hydrogen-bond acceptors (Lipinski definition) is 8. The van der Waals surface area contributed by atoms with E-state index >= 15 is 0 Å². The highest BCUT2D eigenvalue weighted by molar-refractivity contribution is 6.47. The van der Waals surface area contributed by atoms with Gasteiger partial charge in [0, 0.05) is 12.8 Å². The molecule has 1 atom stereocenters. The molecule has 0 unspecified atom stereocenters. The van der Waals surface area contributed by atoms with Crippen LogP contribution in [0.25, 0.3) is 0 Å². The summed E-state index contributed by atoms with van der Waals surface area (Å²) in [5, 5.41) is 12.8. The van der Waals surface area contributed by atoms with Gasteiger partial charge >= 0.3 is 19.2 Å². The van der Waals surface area contributed by atoms with E-state index in [0.717, 1.165) is 39.0 Å². The maximum atomic E-state index is 13.0. The predicted octanol–water partition coefficient (Wildman–Crippen LogP) is 3.16. The van der Waals surface area contributed by atoms with Crippen LogP contribution < -0.4 is 9.97 Å². The second-order valence-corrected chi connectivity index (χ2v) is 8.57. The van der Waals surface area contributed by atoms with E-state index in [0.29, 0.717) is 5.56 Å². The number of halogens is 2. The molecule has 1 saturated carbocycles. The lowest BCUT2D eigenvalue weighted by atomic mass is 9.72. The number of alkyl halides is 2. The average Bonchev–Trinajstić information content (AvgIpc) is 2.78. The van der Waals surface area contributed by atoms with Gasteiger partial charge in [-0.05, 0) is 50.7 Å². The Balaban J connectivity index is 1.51. The minimum atomic E-state index is -2.97. The van der Waals surface area contributed by atoms with Crippen LogP contribution in [0.2, 0.25) is 0 Å². The van der Waals surface area contributed by atoms with Gasteiger partial charge < -0.3 is 29.2 Å². The van der Waals surface area contributed by atoms with Gasteiger partial charge in [0.2, 0.25) is 18.6 Å². The zero-order valence-electron chi connectivity index (χ0n) is 18.9. The van der Waals surface area contributed by atoms with Crippen LogP contribution in [0.1, 0.15) is 67.8 Å². The fourth-order valence-corrected chi connectivity index (χ4v) is 3.88. The van der Waals surface area contributed by atoms with Crippen LogP contribution in [0.4, 0.5) is 13.6 Å². The number of rotatable bonds is 8. The van der Waals surface area contributed by atoms with Gasteiger partial charge in [0.25, 0.3) is 0 Å². The molecule has 0 spiro atoms. The van der Waals surface area contributed by atoms with Crippen molar-refractivity contribution in [3.63, 3.8) is 0 Å². The maximum absolute atomic E-state index is 13.0. The predicted molar refractivity (Wildman–Crippen MR) is 115 cm³/mol. The molecule has 1 aromatic carbocycles. The molecule has 2 aliphatic rings. The Bertz CT molecular complexity index is 888. The quantitative estimate of drug-likeness (QED) is 0.329. The maximum Gasteiger partial charge on any atom is 0.547 e. The van der Waals surface area contributed by atoms with Crippen LogP contribution in [0.3, 0.4) is 0 Å². The van der Waals surface area contributed by atoms with Crippen LogP contribution in [-0.2, 0) is 25.4 Å². The number of esters is 1. The molecule has 1 aliphatic carbocycles. The molecular weight excluding hydrogens is 455 g/mol. The highest BCUT2D eigenvalue weighted by Gasteiger charge is 2.38. The van der Waals surface area contributed by atoms with E-state index in [1.54, 1.807) is 12.1 Å². The first-order valence-electron chi connectivity index (χ1n) is 11.3. The summed E-state index contributed by atoms with van der Waals surface area (Å²) >= 11 is 0. The second-order valence-electron chi connectivity index (χ2n) is 8.57. The van der Waals surface area contributed by atoms with Crippen LogP contribution >= 0.6 is 0 Å². The van der Waals surface area contributed by atoms with Crippen molar-refractivity contribution in [1.82, 2.24) is 5.32 Å². The van der Waals surface area contributed by atoms with Crippen LogP contribution in [0.5, 0.6) is 5.75 Å². The third-order valence-corrected chi connectivity index (χ3v) is 5.66. The van der Waals surface area contributed by atoms with Crippen LogP contribution in [-0.4, -0.2) is 54.9 Å². The number of amides is 1. The molecule has 1 aromatic rings. The smallest absolute Gasteiger partial charge is 0.534 e. The van der Waals surface area contributed by atoms with E-state index in [1.807, 2.05) is 0 Å². The largest absolute Gasteiger partial charge is 0.547 e. The number of nitrogens with one attached hydrogen (secondary N) is 1. The molecule has 1 heterocycles. The Morgan fingerprint density at radius 1 is 1.21 bits per heavy atom. The van der Waals surface area contributed by atoms with Crippen molar-refractivity contribution in [2.45, 2.75) is 76.3 Å². The Kier molecular flexibility index (Phi) is 8.70. The monoisotopic (exact) mass is 483 g/mol. The Hall–Kier alpha value is -2.89. The van der Waals surface area contributed by atoms with E-state index in [4.69, 9.17) is 18.9 Å². The normalized spacial score (nSPS) is 18.4. The molecule has 34 heavy (non-hydrogen) atoms. The van der Waals surface area contributed by atoms with Crippen molar-refractivity contribution in [3.8, 4) is 5.75 Å². The number of ether oxygens (including phenoxy) is 3. The van der Waals surface area contributed by atoms with Crippen LogP contribution in [0.15, 0.2) is 18.2 Å². The third kappa shape index (κ3) is 7.58. The first-order chi connectivity index (χ1) is 16.1. The van der Waals surface area contributed by atoms with Gasteiger partial charge in [0.05, 0.1) is 5.94 Å². The molecule has 1 amide bonds. The van der Waals surface area contributed by atoms with Crippen molar-refractivity contribution in [3.05, 3.63) is 29.3 Å². The summed E-state index contributed by atoms with van der Waals surface area (Å²) in [6, 6.07) is 4.61. The highest BCUT2D eigenvalue weighted by Crippen LogP contribution is 2.31. The first kappa shape index (κ1) is 25.7. The summed E-state index contributed by atoms with van der Waals surface area (Å²) in [6.07, 6.45) is 2.59. The summed E-state index contributed by atoms with van der Waals surface area (Å²) in [5.74, 6) is -5.28. The Labute approximate surface area is 196 Å². The van der Waals surface area contributed by atoms with Gasteiger partial charge in [-0.3, -0.25) is 4.79 Å². The summed E-state index contributed by atoms with van der Waals surface area (Å²) in [7, 11) is -1.51. The van der Waals surface area contributed by atoms with E-state index < -0.39 is 56.6 Å². The summed E-state index contributed by atoms with van der Waals surface area (Å²) < 4.78 is 46.3. The lowest BCUT2D eigenvalue weighted by molar-refractivity contribution is -0.123. The van der Waals surface area contributed by atoms with Gasteiger partial charge in [-0.2, -0.15) is 0 Å². The minimum Gasteiger partial charge on any atom is -0.534 e. The van der Waals surface area contributed by atoms with Gasteiger partial charge in [-0.15, -0.1) is 0 Å². The first-order valence-corrected chi connectivity index (χ1v) is 11.3. The molecule has 0 aromatic heterocycles. The molecule has 0 radical (unpaired) electrons. The molecule has 1 aliphatic heterocycles. The number of hydrogen-bond donors (Lipinski definition) is 2. The molecule has 1 fully saturated rings. The number of para-hydroxylation sites is 1. The van der Waals surface area contributed by atoms with E-state index in [-0.39, 0.29) is 23.8 Å². The Morgan fingerprint density at radius 2 is 1.94 bits per heavy atom. The molecule has 186 valence electrons. The van der Waals surface area contributed by atoms with Gasteiger partial charge in [0.15, 0.2) is 0 Å². The minimum absolute atomic E-state index is 0.00352. The zero-order valence-corrected chi connectivity index (χ0v) is 18.9. The van der Waals surface area contributed by atoms with Gasteiger partial charge in [-0.25, -0.2) is 18.4 Å². The molecule has 0 saturated heterocycles. The van der Waals surface area contributed by atoms with E-state index in [9.17, 15) is 28.2 Å². The highest BCUT2D eigenvalue weighted by atomic mass is 19.3. The molecule has 2 N–H and O–H groups in total. The SMILES string of the molecule is CC(F)(F)CCC(=O)N[C@H]1Cc2cccc(C(=O)OCOC(=O)OC3CCCCC3)c2OB1O. The standard InChI is InChI=1S/C22H28BF2NO8/c1-22(24,25)11-10-18(27)26-17-12-14-6-5-9-16(19(14)34-23(17)30)20(28)31-13-32-21(29)33-15-7-3-2-4-8-15/h5-6,9,15,17,30H,2-4,7-8,10-13H2,1H3,(H,26,27)/t17-/m0/s1. The fraction of sp³-hybridized carbons (Fsp3) is 0.591. The van der Waals surface area contributed by atoms with Crippen molar-refractivity contribution in [2.75, 3.05) is 6.79 Å². The second kappa shape index (κ2) is 11.5. The third-order valence-electron chi connectivity index (χ3n) is 5.66. The summed E-state index contributed by atoms with van der Waals surface area (Å²) in [6.45, 7) is 0.0673. The number of fused-ring (bicyclic) bond motifs is 1. The lowest BCUT2D eigenvalue weighted by Crippen LogP contribution is -2.53. The van der Waals surface area contributed by atoms with E-state index in [1.165, 1.54) is 6.07 Å². The number of carbonyl (C=O) groups excluding carboxylic acids is 3. The lowest BCUT2D eigenvalue weighted by Gasteiger charge is -2.29. The molecule has 9 nitrogen and oxygen atoms in total. The van der Waals surface area contributed by atoms with Crippen molar-refractivity contribution < 1.29 is 47.1 Å². The zero-order chi connectivity index (χ0) is 24.7. The Morgan fingerprint density at radius 3 is 2.65 bits per heavy atom. The van der Waals surface area contributed by atoms with E-state index in [2.05, 4.69) is 5.32 Å². The number of carbonyl (C=O) groups is 3. The molecule has 12 heteroatoms. The summed E-state index contributed by atoms with van der Waals surface area (Å²) in [5.41, 5.74) is 0.500. The van der Waals surface area contributed by atoms with Crippen LogP contribution in [0, 0.1) is 0 Å². The van der Waals surface area contributed by atoms with Crippen molar-refractivity contribution in [2.24, 2.45) is 0 Å². The molecule has 0 bridgehead atoms. The van der Waals surface area contributed by atoms with Crippen molar-refractivity contribution in [1.29, 1.82) is 0 Å². The molecular formula is C22H28BF2NO8. The van der Waals surface area contributed by atoms with Gasteiger partial charge in [-0.1, -0.05) is 18.6 Å².